The van der Waals surface area contributed by atoms with E-state index in [1.165, 1.54) is 16.5 Å². The molecule has 0 bridgehead atoms. The van der Waals surface area contributed by atoms with E-state index in [4.69, 9.17) is 0 Å². The van der Waals surface area contributed by atoms with Crippen molar-refractivity contribution in [3.05, 3.63) is 48.2 Å². The van der Waals surface area contributed by atoms with Crippen molar-refractivity contribution >= 4 is 10.9 Å². The van der Waals surface area contributed by atoms with E-state index >= 15 is 0 Å². The molecule has 0 unspecified atom stereocenters. The molecule has 1 aromatic carbocycles. The van der Waals surface area contributed by atoms with Gasteiger partial charge in [0.2, 0.25) is 0 Å². The molecule has 0 atom stereocenters. The molecule has 0 aliphatic heterocycles. The van der Waals surface area contributed by atoms with Crippen molar-refractivity contribution in [1.29, 1.82) is 0 Å². The van der Waals surface area contributed by atoms with Crippen molar-refractivity contribution in [2.75, 3.05) is 0 Å². The lowest BCUT2D eigenvalue weighted by Gasteiger charge is -2.01. The average molecular weight is 185 g/mol. The summed E-state index contributed by atoms with van der Waals surface area (Å²) in [5.41, 5.74) is 2.67. The van der Waals surface area contributed by atoms with Crippen LogP contribution in [0.4, 0.5) is 0 Å². The fraction of sp³-hybridized carbons (Fsp3) is 0.231. The number of nitrogens with zero attached hydrogens (tertiary/aromatic N) is 1. The molecule has 72 valence electrons. The minimum absolute atomic E-state index is 0.968. The van der Waals surface area contributed by atoms with E-state index < -0.39 is 0 Å². The van der Waals surface area contributed by atoms with Gasteiger partial charge in [-0.3, -0.25) is 0 Å². The van der Waals surface area contributed by atoms with Crippen LogP contribution in [0.3, 0.4) is 0 Å². The van der Waals surface area contributed by atoms with Crippen LogP contribution >= 0.6 is 0 Å². The van der Waals surface area contributed by atoms with Crippen LogP contribution in [0.25, 0.3) is 10.9 Å². The molecule has 1 nitrogen and oxygen atoms in total. The van der Waals surface area contributed by atoms with Gasteiger partial charge in [-0.1, -0.05) is 29.8 Å². The van der Waals surface area contributed by atoms with E-state index in [1.807, 2.05) is 0 Å². The van der Waals surface area contributed by atoms with Gasteiger partial charge in [0.25, 0.3) is 0 Å². The van der Waals surface area contributed by atoms with Crippen LogP contribution in [0.1, 0.15) is 13.8 Å². The molecule has 1 heterocycles. The molecule has 14 heavy (non-hydrogen) atoms. The summed E-state index contributed by atoms with van der Waals surface area (Å²) < 4.78 is 2.27. The first kappa shape index (κ1) is 9.07. The first-order valence-corrected chi connectivity index (χ1v) is 4.94. The fourth-order valence-corrected chi connectivity index (χ4v) is 1.58. The minimum Gasteiger partial charge on any atom is -0.344 e. The third-order valence-corrected chi connectivity index (χ3v) is 2.38. The maximum Gasteiger partial charge on any atom is 0.0483 e. The quantitative estimate of drug-likeness (QED) is 0.630. The first-order chi connectivity index (χ1) is 6.77. The SMILES string of the molecule is CC(C)=CCn1ccc2ccccc21. The predicted octanol–water partition coefficient (Wildman–Crippen LogP) is 3.61. The number of aromatic nitrogens is 1. The van der Waals surface area contributed by atoms with E-state index in [-0.39, 0.29) is 0 Å². The van der Waals surface area contributed by atoms with Crippen molar-refractivity contribution in [2.45, 2.75) is 20.4 Å². The van der Waals surface area contributed by atoms with Gasteiger partial charge in [-0.05, 0) is 31.4 Å². The Morgan fingerprint density at radius 2 is 2.00 bits per heavy atom. The van der Waals surface area contributed by atoms with Crippen molar-refractivity contribution in [3.8, 4) is 0 Å². The van der Waals surface area contributed by atoms with Crippen LogP contribution in [0.2, 0.25) is 0 Å². The monoisotopic (exact) mass is 185 g/mol. The Balaban J connectivity index is 2.38. The van der Waals surface area contributed by atoms with Crippen molar-refractivity contribution in [2.24, 2.45) is 0 Å². The molecule has 1 heteroatoms. The maximum absolute atomic E-state index is 2.27. The second-order valence-electron chi connectivity index (χ2n) is 3.81. The van der Waals surface area contributed by atoms with E-state index in [0.717, 1.165) is 6.54 Å². The Hall–Kier alpha value is -1.50. The summed E-state index contributed by atoms with van der Waals surface area (Å²) in [6.07, 6.45) is 4.39. The summed E-state index contributed by atoms with van der Waals surface area (Å²) >= 11 is 0. The number of rotatable bonds is 2. The van der Waals surface area contributed by atoms with E-state index in [0.29, 0.717) is 0 Å². The normalized spacial score (nSPS) is 10.4. The zero-order valence-corrected chi connectivity index (χ0v) is 8.70. The zero-order valence-electron chi connectivity index (χ0n) is 8.70. The second kappa shape index (κ2) is 3.70. The maximum atomic E-state index is 2.27. The van der Waals surface area contributed by atoms with Crippen LogP contribution < -0.4 is 0 Å². The van der Waals surface area contributed by atoms with Gasteiger partial charge in [-0.2, -0.15) is 0 Å². The zero-order chi connectivity index (χ0) is 9.97. The van der Waals surface area contributed by atoms with Crippen LogP contribution in [0.15, 0.2) is 48.2 Å². The van der Waals surface area contributed by atoms with Crippen molar-refractivity contribution in [1.82, 2.24) is 4.57 Å². The second-order valence-corrected chi connectivity index (χ2v) is 3.81. The molecular formula is C13H15N. The molecule has 0 spiro atoms. The van der Waals surface area contributed by atoms with Crippen molar-refractivity contribution in [3.63, 3.8) is 0 Å². The lowest BCUT2D eigenvalue weighted by atomic mass is 10.2. The van der Waals surface area contributed by atoms with Crippen molar-refractivity contribution < 1.29 is 0 Å². The van der Waals surface area contributed by atoms with Gasteiger partial charge in [-0.25, -0.2) is 0 Å². The van der Waals surface area contributed by atoms with Crippen LogP contribution in [0, 0.1) is 0 Å². The average Bonchev–Trinajstić information content (AvgIpc) is 2.58. The molecule has 0 N–H and O–H groups in total. The molecule has 0 saturated carbocycles. The lowest BCUT2D eigenvalue weighted by Crippen LogP contribution is -1.92. The van der Waals surface area contributed by atoms with E-state index in [2.05, 4.69) is 61.0 Å². The number of allylic oxidation sites excluding steroid dienone is 2. The highest BCUT2D eigenvalue weighted by atomic mass is 14.9. The molecule has 0 aliphatic carbocycles. The van der Waals surface area contributed by atoms with Gasteiger partial charge >= 0.3 is 0 Å². The third kappa shape index (κ3) is 1.72. The largest absolute Gasteiger partial charge is 0.344 e. The van der Waals surface area contributed by atoms with Crippen LogP contribution in [0.5, 0.6) is 0 Å². The Bertz CT molecular complexity index is 459. The van der Waals surface area contributed by atoms with Gasteiger partial charge in [0, 0.05) is 18.3 Å². The molecule has 0 aliphatic rings. The smallest absolute Gasteiger partial charge is 0.0483 e. The Morgan fingerprint density at radius 1 is 1.21 bits per heavy atom. The topological polar surface area (TPSA) is 4.93 Å². The highest BCUT2D eigenvalue weighted by Gasteiger charge is 1.96. The standard InChI is InChI=1S/C13H15N/c1-11(2)7-9-14-10-8-12-5-3-4-6-13(12)14/h3-8,10H,9H2,1-2H3. The number of benzene rings is 1. The molecule has 2 rings (SSSR count). The Morgan fingerprint density at radius 3 is 2.79 bits per heavy atom. The third-order valence-electron chi connectivity index (χ3n) is 2.38. The summed E-state index contributed by atoms with van der Waals surface area (Å²) in [4.78, 5) is 0. The molecule has 0 fully saturated rings. The highest BCUT2D eigenvalue weighted by Crippen LogP contribution is 2.14. The van der Waals surface area contributed by atoms with Gasteiger partial charge in [-0.15, -0.1) is 0 Å². The highest BCUT2D eigenvalue weighted by molar-refractivity contribution is 5.79. The van der Waals surface area contributed by atoms with Gasteiger partial charge in [0.15, 0.2) is 0 Å². The Kier molecular flexibility index (Phi) is 2.40. The minimum atomic E-state index is 0.968. The number of para-hydroxylation sites is 1. The summed E-state index contributed by atoms with van der Waals surface area (Å²) in [5, 5.41) is 1.31. The number of hydrogen-bond acceptors (Lipinski definition) is 0. The lowest BCUT2D eigenvalue weighted by molar-refractivity contribution is 0.856. The summed E-state index contributed by atoms with van der Waals surface area (Å²) in [7, 11) is 0. The summed E-state index contributed by atoms with van der Waals surface area (Å²) in [5.74, 6) is 0. The van der Waals surface area contributed by atoms with E-state index in [9.17, 15) is 0 Å². The predicted molar refractivity (Wildman–Crippen MR) is 61.4 cm³/mol. The van der Waals surface area contributed by atoms with E-state index in [1.54, 1.807) is 0 Å². The molecule has 0 amide bonds. The van der Waals surface area contributed by atoms with Gasteiger partial charge < -0.3 is 4.57 Å². The van der Waals surface area contributed by atoms with Gasteiger partial charge in [0.05, 0.1) is 0 Å². The van der Waals surface area contributed by atoms with Gasteiger partial charge in [0.1, 0.15) is 0 Å². The number of fused-ring (bicyclic) bond motifs is 1. The summed E-state index contributed by atoms with van der Waals surface area (Å²) in [6, 6.07) is 10.6. The summed E-state index contributed by atoms with van der Waals surface area (Å²) in [6.45, 7) is 5.23. The van der Waals surface area contributed by atoms with Crippen LogP contribution in [-0.2, 0) is 6.54 Å². The molecule has 1 aromatic heterocycles. The fourth-order valence-electron chi connectivity index (χ4n) is 1.58. The van der Waals surface area contributed by atoms with Crippen LogP contribution in [-0.4, -0.2) is 4.57 Å². The first-order valence-electron chi connectivity index (χ1n) is 4.94. The molecule has 0 saturated heterocycles. The molecular weight excluding hydrogens is 170 g/mol. The molecule has 0 radical (unpaired) electrons. The molecule has 2 aromatic rings. The number of hydrogen-bond donors (Lipinski definition) is 0. The Labute approximate surface area is 84.7 Å².